The van der Waals surface area contributed by atoms with Crippen LogP contribution in [0.4, 0.5) is 0 Å². The zero-order valence-electron chi connectivity index (χ0n) is 9.26. The summed E-state index contributed by atoms with van der Waals surface area (Å²) in [6, 6.07) is 5.04. The maximum absolute atomic E-state index is 12.2. The van der Waals surface area contributed by atoms with Crippen LogP contribution in [0.1, 0.15) is 4.88 Å². The quantitative estimate of drug-likeness (QED) is 0.795. The Morgan fingerprint density at radius 1 is 1.44 bits per heavy atom. The molecule has 2 aromatic heterocycles. The smallest absolute Gasteiger partial charge is 0.206 e. The number of halogens is 2. The summed E-state index contributed by atoms with van der Waals surface area (Å²) in [4.78, 5) is 0.982. The van der Waals surface area contributed by atoms with E-state index in [1.165, 1.54) is 21.7 Å². The van der Waals surface area contributed by atoms with Crippen molar-refractivity contribution in [1.29, 1.82) is 0 Å². The molecule has 18 heavy (non-hydrogen) atoms. The number of hydrogen-bond acceptors (Lipinski definition) is 4. The fraction of sp³-hybridized carbons (Fsp3) is 0.200. The van der Waals surface area contributed by atoms with Crippen molar-refractivity contribution in [1.82, 2.24) is 4.31 Å². The molecule has 0 bridgehead atoms. The molecule has 2 heterocycles. The van der Waals surface area contributed by atoms with E-state index in [2.05, 4.69) is 15.9 Å². The molecule has 0 aliphatic carbocycles. The molecule has 2 aromatic rings. The van der Waals surface area contributed by atoms with Crippen LogP contribution in [0.3, 0.4) is 0 Å². The van der Waals surface area contributed by atoms with E-state index in [1.807, 2.05) is 11.4 Å². The Labute approximate surface area is 127 Å². The predicted octanol–water partition coefficient (Wildman–Crippen LogP) is 4.05. The van der Waals surface area contributed by atoms with Crippen molar-refractivity contribution in [3.8, 4) is 0 Å². The van der Waals surface area contributed by atoms with E-state index in [-0.39, 0.29) is 4.21 Å². The molecule has 0 fully saturated rings. The SMILES string of the molecule is CN(Cc1cc(Br)cs1)S(=O)(=O)c1ccc(Cl)s1. The van der Waals surface area contributed by atoms with Crippen LogP contribution in [0.2, 0.25) is 4.34 Å². The van der Waals surface area contributed by atoms with Crippen LogP contribution in [0, 0.1) is 0 Å². The van der Waals surface area contributed by atoms with Crippen LogP contribution >= 0.6 is 50.2 Å². The van der Waals surface area contributed by atoms with Crippen LogP contribution in [0.25, 0.3) is 0 Å². The number of sulfonamides is 1. The van der Waals surface area contributed by atoms with Gasteiger partial charge in [-0.2, -0.15) is 4.31 Å². The van der Waals surface area contributed by atoms with Gasteiger partial charge in [0.2, 0.25) is 0 Å². The van der Waals surface area contributed by atoms with E-state index >= 15 is 0 Å². The highest BCUT2D eigenvalue weighted by Crippen LogP contribution is 2.29. The first-order valence-electron chi connectivity index (χ1n) is 4.84. The van der Waals surface area contributed by atoms with Crippen molar-refractivity contribution in [3.05, 3.63) is 37.3 Å². The van der Waals surface area contributed by atoms with Crippen LogP contribution in [0.15, 0.2) is 32.3 Å². The van der Waals surface area contributed by atoms with Gasteiger partial charge >= 0.3 is 0 Å². The van der Waals surface area contributed by atoms with E-state index in [0.29, 0.717) is 10.9 Å². The largest absolute Gasteiger partial charge is 0.252 e. The summed E-state index contributed by atoms with van der Waals surface area (Å²) in [5, 5.41) is 1.93. The molecule has 3 nitrogen and oxygen atoms in total. The maximum Gasteiger partial charge on any atom is 0.252 e. The molecule has 0 aromatic carbocycles. The van der Waals surface area contributed by atoms with Crippen LogP contribution in [-0.4, -0.2) is 19.8 Å². The Morgan fingerprint density at radius 2 is 2.17 bits per heavy atom. The molecule has 0 N–H and O–H groups in total. The van der Waals surface area contributed by atoms with E-state index in [0.717, 1.165) is 20.7 Å². The molecule has 0 radical (unpaired) electrons. The molecule has 0 spiro atoms. The molecule has 0 unspecified atom stereocenters. The van der Waals surface area contributed by atoms with Gasteiger partial charge in [0.25, 0.3) is 10.0 Å². The molecule has 2 rings (SSSR count). The fourth-order valence-electron chi connectivity index (χ4n) is 1.33. The molecule has 0 atom stereocenters. The Bertz CT molecular complexity index is 650. The summed E-state index contributed by atoms with van der Waals surface area (Å²) < 4.78 is 27.5. The lowest BCUT2D eigenvalue weighted by Gasteiger charge is -2.14. The third kappa shape index (κ3) is 3.15. The Morgan fingerprint density at radius 3 is 2.67 bits per heavy atom. The first-order valence-corrected chi connectivity index (χ1v) is 9.15. The van der Waals surface area contributed by atoms with Crippen molar-refractivity contribution in [2.45, 2.75) is 10.8 Å². The summed E-state index contributed by atoms with van der Waals surface area (Å²) in [5.41, 5.74) is 0. The molecular formula is C10H9BrClNO2S3. The molecule has 0 aliphatic heterocycles. The zero-order chi connectivity index (χ0) is 13.3. The van der Waals surface area contributed by atoms with Crippen LogP contribution in [0.5, 0.6) is 0 Å². The first kappa shape index (κ1) is 14.5. The van der Waals surface area contributed by atoms with Gasteiger partial charge in [-0.05, 0) is 34.1 Å². The van der Waals surface area contributed by atoms with E-state index < -0.39 is 10.0 Å². The lowest BCUT2D eigenvalue weighted by molar-refractivity contribution is 0.471. The van der Waals surface area contributed by atoms with Gasteiger partial charge in [0, 0.05) is 28.3 Å². The number of nitrogens with zero attached hydrogens (tertiary/aromatic N) is 1. The highest BCUT2D eigenvalue weighted by atomic mass is 79.9. The van der Waals surface area contributed by atoms with Gasteiger partial charge in [0.15, 0.2) is 0 Å². The predicted molar refractivity (Wildman–Crippen MR) is 80.0 cm³/mol. The van der Waals surface area contributed by atoms with Gasteiger partial charge in [0.1, 0.15) is 4.21 Å². The van der Waals surface area contributed by atoms with Crippen molar-refractivity contribution < 1.29 is 8.42 Å². The van der Waals surface area contributed by atoms with E-state index in [9.17, 15) is 8.42 Å². The van der Waals surface area contributed by atoms with Crippen molar-refractivity contribution in [2.24, 2.45) is 0 Å². The van der Waals surface area contributed by atoms with Gasteiger partial charge in [0.05, 0.1) is 4.34 Å². The normalized spacial score (nSPS) is 12.2. The lowest BCUT2D eigenvalue weighted by atomic mass is 10.5. The summed E-state index contributed by atoms with van der Waals surface area (Å²) in [7, 11) is -1.88. The molecule has 98 valence electrons. The second-order valence-corrected chi connectivity index (χ2v) is 9.45. The van der Waals surface area contributed by atoms with Gasteiger partial charge in [-0.3, -0.25) is 0 Å². The molecule has 0 amide bonds. The molecule has 0 saturated carbocycles. The van der Waals surface area contributed by atoms with Gasteiger partial charge in [-0.1, -0.05) is 11.6 Å². The lowest BCUT2D eigenvalue weighted by Crippen LogP contribution is -2.25. The second kappa shape index (κ2) is 5.60. The highest BCUT2D eigenvalue weighted by Gasteiger charge is 2.23. The second-order valence-electron chi connectivity index (χ2n) is 3.55. The standard InChI is InChI=1S/C10H9BrClNO2S3/c1-13(5-8-4-7(11)6-16-8)18(14,15)10-3-2-9(12)17-10/h2-4,6H,5H2,1H3. The average molecular weight is 387 g/mol. The Hall–Kier alpha value is 0.0800. The molecule has 0 aliphatic rings. The van der Waals surface area contributed by atoms with E-state index in [1.54, 1.807) is 13.1 Å². The minimum atomic E-state index is -3.45. The third-order valence-electron chi connectivity index (χ3n) is 2.21. The topological polar surface area (TPSA) is 37.4 Å². The summed E-state index contributed by atoms with van der Waals surface area (Å²) in [5.74, 6) is 0. The van der Waals surface area contributed by atoms with E-state index in [4.69, 9.17) is 11.6 Å². The van der Waals surface area contributed by atoms with Crippen LogP contribution in [-0.2, 0) is 16.6 Å². The molecular weight excluding hydrogens is 378 g/mol. The highest BCUT2D eigenvalue weighted by molar-refractivity contribution is 9.10. The van der Waals surface area contributed by atoms with Crippen molar-refractivity contribution in [2.75, 3.05) is 7.05 Å². The monoisotopic (exact) mass is 385 g/mol. The Balaban J connectivity index is 2.20. The van der Waals surface area contributed by atoms with Crippen molar-refractivity contribution >= 4 is 60.2 Å². The van der Waals surface area contributed by atoms with Crippen molar-refractivity contribution in [3.63, 3.8) is 0 Å². The third-order valence-corrected chi connectivity index (χ3v) is 7.40. The average Bonchev–Trinajstić information content (AvgIpc) is 2.88. The fourth-order valence-corrected chi connectivity index (χ4v) is 5.76. The van der Waals surface area contributed by atoms with Gasteiger partial charge in [-0.15, -0.1) is 22.7 Å². The molecule has 0 saturated heterocycles. The molecule has 8 heteroatoms. The van der Waals surface area contributed by atoms with Gasteiger partial charge < -0.3 is 0 Å². The number of thiophene rings is 2. The van der Waals surface area contributed by atoms with Gasteiger partial charge in [-0.25, -0.2) is 8.42 Å². The number of hydrogen-bond donors (Lipinski definition) is 0. The minimum absolute atomic E-state index is 0.269. The summed E-state index contributed by atoms with van der Waals surface area (Å²) in [6.45, 7) is 0.355. The zero-order valence-corrected chi connectivity index (χ0v) is 14.1. The number of rotatable bonds is 4. The minimum Gasteiger partial charge on any atom is -0.206 e. The summed E-state index contributed by atoms with van der Waals surface area (Å²) in [6.07, 6.45) is 0. The maximum atomic E-state index is 12.2. The van der Waals surface area contributed by atoms with Crippen LogP contribution < -0.4 is 0 Å². The Kier molecular flexibility index (Phi) is 4.51. The summed E-state index contributed by atoms with van der Waals surface area (Å²) >= 11 is 11.7. The first-order chi connectivity index (χ1) is 8.39.